The van der Waals surface area contributed by atoms with E-state index in [9.17, 15) is 4.79 Å². The van der Waals surface area contributed by atoms with Crippen LogP contribution in [0, 0.1) is 5.92 Å². The van der Waals surface area contributed by atoms with Gasteiger partial charge in [-0.3, -0.25) is 4.79 Å². The molecular weight excluding hydrogens is 414 g/mol. The van der Waals surface area contributed by atoms with Crippen LogP contribution in [0.1, 0.15) is 32.1 Å². The summed E-state index contributed by atoms with van der Waals surface area (Å²) in [6, 6.07) is 8.07. The van der Waals surface area contributed by atoms with Gasteiger partial charge in [0.2, 0.25) is 5.91 Å². The van der Waals surface area contributed by atoms with E-state index >= 15 is 0 Å². The molecule has 0 spiro atoms. The molecule has 138 valence electrons. The summed E-state index contributed by atoms with van der Waals surface area (Å²) in [7, 11) is 0. The molecule has 0 atom stereocenters. The van der Waals surface area contributed by atoms with Gasteiger partial charge in [-0.15, -0.1) is 0 Å². The first-order valence-electron chi connectivity index (χ1n) is 9.39. The van der Waals surface area contributed by atoms with Crippen molar-refractivity contribution in [1.29, 1.82) is 0 Å². The Kier molecular flexibility index (Phi) is 5.37. The topological polar surface area (TPSA) is 36.4 Å². The van der Waals surface area contributed by atoms with E-state index < -0.39 is 0 Å². The van der Waals surface area contributed by atoms with Gasteiger partial charge in [0.05, 0.1) is 10.5 Å². The molecule has 1 amide bonds. The van der Waals surface area contributed by atoms with Crippen molar-refractivity contribution in [3.8, 4) is 0 Å². The highest BCUT2D eigenvalue weighted by Gasteiger charge is 2.25. The standard InChI is InChI=1S/C20H23BrClN3O/c21-16-12-15-3-4-18(23-20(15)17(22)13-16)24-9-5-14(6-10-24)11-19(26)25-7-1-2-8-25/h3-4,12-14H,1-2,5-11H2. The second kappa shape index (κ2) is 7.73. The molecule has 2 saturated heterocycles. The summed E-state index contributed by atoms with van der Waals surface area (Å²) in [6.07, 6.45) is 5.13. The third-order valence-electron chi connectivity index (χ3n) is 5.56. The molecule has 1 aromatic heterocycles. The van der Waals surface area contributed by atoms with Gasteiger partial charge >= 0.3 is 0 Å². The summed E-state index contributed by atoms with van der Waals surface area (Å²) in [6.45, 7) is 3.81. The normalized spacial score (nSPS) is 18.7. The van der Waals surface area contributed by atoms with Crippen LogP contribution < -0.4 is 4.90 Å². The van der Waals surface area contributed by atoms with Crippen molar-refractivity contribution in [2.75, 3.05) is 31.1 Å². The van der Waals surface area contributed by atoms with E-state index in [1.165, 1.54) is 0 Å². The van der Waals surface area contributed by atoms with E-state index in [0.717, 1.165) is 73.1 Å². The molecule has 0 unspecified atom stereocenters. The lowest BCUT2D eigenvalue weighted by atomic mass is 9.93. The molecule has 4 rings (SSSR count). The Bertz CT molecular complexity index is 814. The molecule has 2 aliphatic heterocycles. The Hall–Kier alpha value is -1.33. The van der Waals surface area contributed by atoms with Crippen LogP contribution in [0.5, 0.6) is 0 Å². The SMILES string of the molecule is O=C(CC1CCN(c2ccc3cc(Br)cc(Cl)c3n2)CC1)N1CCCC1. The largest absolute Gasteiger partial charge is 0.357 e. The highest BCUT2D eigenvalue weighted by atomic mass is 79.9. The number of halogens is 2. The van der Waals surface area contributed by atoms with Crippen LogP contribution in [-0.4, -0.2) is 42.0 Å². The van der Waals surface area contributed by atoms with Crippen LogP contribution >= 0.6 is 27.5 Å². The van der Waals surface area contributed by atoms with Crippen molar-refractivity contribution in [2.24, 2.45) is 5.92 Å². The summed E-state index contributed by atoms with van der Waals surface area (Å²) in [4.78, 5) is 21.5. The van der Waals surface area contributed by atoms with Crippen LogP contribution in [0.3, 0.4) is 0 Å². The maximum Gasteiger partial charge on any atom is 0.222 e. The molecule has 6 heteroatoms. The predicted molar refractivity (Wildman–Crippen MR) is 110 cm³/mol. The fraction of sp³-hybridized carbons (Fsp3) is 0.500. The van der Waals surface area contributed by atoms with Crippen molar-refractivity contribution in [2.45, 2.75) is 32.1 Å². The number of likely N-dealkylation sites (tertiary alicyclic amines) is 1. The molecule has 0 saturated carbocycles. The number of pyridine rings is 1. The van der Waals surface area contributed by atoms with Gasteiger partial charge in [-0.05, 0) is 55.9 Å². The molecule has 0 radical (unpaired) electrons. The van der Waals surface area contributed by atoms with Crippen LogP contribution in [0.2, 0.25) is 5.02 Å². The molecule has 2 aromatic rings. The summed E-state index contributed by atoms with van der Waals surface area (Å²) >= 11 is 9.84. The number of carbonyl (C=O) groups excluding carboxylic acids is 1. The van der Waals surface area contributed by atoms with Crippen molar-refractivity contribution in [3.63, 3.8) is 0 Å². The van der Waals surface area contributed by atoms with E-state index in [1.54, 1.807) is 0 Å². The lowest BCUT2D eigenvalue weighted by Crippen LogP contribution is -2.37. The zero-order chi connectivity index (χ0) is 18.1. The molecular formula is C20H23BrClN3O. The average molecular weight is 437 g/mol. The van der Waals surface area contributed by atoms with Crippen LogP contribution in [-0.2, 0) is 4.79 Å². The Balaban J connectivity index is 1.40. The fourth-order valence-electron chi connectivity index (χ4n) is 4.03. The predicted octanol–water partition coefficient (Wildman–Crippen LogP) is 4.88. The number of fused-ring (bicyclic) bond motifs is 1. The quantitative estimate of drug-likeness (QED) is 0.688. The van der Waals surface area contributed by atoms with Gasteiger partial charge in [0, 0.05) is 42.5 Å². The van der Waals surface area contributed by atoms with Gasteiger partial charge in [-0.1, -0.05) is 27.5 Å². The zero-order valence-corrected chi connectivity index (χ0v) is 17.1. The highest BCUT2D eigenvalue weighted by Crippen LogP contribution is 2.30. The molecule has 3 heterocycles. The zero-order valence-electron chi connectivity index (χ0n) is 14.8. The number of piperidine rings is 1. The molecule has 0 N–H and O–H groups in total. The Labute approximate surface area is 167 Å². The van der Waals surface area contributed by atoms with Crippen molar-refractivity contribution < 1.29 is 4.79 Å². The Morgan fingerprint density at radius 2 is 1.88 bits per heavy atom. The third kappa shape index (κ3) is 3.84. The molecule has 0 bridgehead atoms. The number of benzene rings is 1. The van der Waals surface area contributed by atoms with Gasteiger partial charge in [0.25, 0.3) is 0 Å². The minimum Gasteiger partial charge on any atom is -0.357 e. The monoisotopic (exact) mass is 435 g/mol. The molecule has 0 aliphatic carbocycles. The van der Waals surface area contributed by atoms with E-state index in [4.69, 9.17) is 16.6 Å². The summed E-state index contributed by atoms with van der Waals surface area (Å²) in [5.41, 5.74) is 0.846. The lowest BCUT2D eigenvalue weighted by Gasteiger charge is -2.33. The van der Waals surface area contributed by atoms with Gasteiger partial charge in [0.15, 0.2) is 0 Å². The van der Waals surface area contributed by atoms with Crippen LogP contribution in [0.15, 0.2) is 28.7 Å². The average Bonchev–Trinajstić information content (AvgIpc) is 3.17. The first-order valence-corrected chi connectivity index (χ1v) is 10.6. The lowest BCUT2D eigenvalue weighted by molar-refractivity contribution is -0.131. The number of rotatable bonds is 3. The van der Waals surface area contributed by atoms with Gasteiger partial charge < -0.3 is 9.80 Å². The number of aromatic nitrogens is 1. The summed E-state index contributed by atoms with van der Waals surface area (Å²) < 4.78 is 0.966. The number of amides is 1. The molecule has 2 aliphatic rings. The summed E-state index contributed by atoms with van der Waals surface area (Å²) in [5.74, 6) is 1.83. The van der Waals surface area contributed by atoms with Crippen molar-refractivity contribution in [3.05, 3.63) is 33.8 Å². The molecule has 1 aromatic carbocycles. The number of anilines is 1. The van der Waals surface area contributed by atoms with Gasteiger partial charge in [0.1, 0.15) is 5.82 Å². The molecule has 4 nitrogen and oxygen atoms in total. The number of nitrogens with zero attached hydrogens (tertiary/aromatic N) is 3. The number of carbonyl (C=O) groups is 1. The van der Waals surface area contributed by atoms with E-state index in [0.29, 0.717) is 23.3 Å². The van der Waals surface area contributed by atoms with Crippen LogP contribution in [0.25, 0.3) is 10.9 Å². The second-order valence-electron chi connectivity index (χ2n) is 7.35. The van der Waals surface area contributed by atoms with E-state index in [2.05, 4.69) is 33.0 Å². The second-order valence-corrected chi connectivity index (χ2v) is 8.67. The number of hydrogen-bond donors (Lipinski definition) is 0. The van der Waals surface area contributed by atoms with Gasteiger partial charge in [-0.25, -0.2) is 4.98 Å². The smallest absolute Gasteiger partial charge is 0.222 e. The molecule has 2 fully saturated rings. The van der Waals surface area contributed by atoms with Crippen molar-refractivity contribution in [1.82, 2.24) is 9.88 Å². The van der Waals surface area contributed by atoms with Crippen molar-refractivity contribution >= 4 is 50.2 Å². The van der Waals surface area contributed by atoms with Crippen LogP contribution in [0.4, 0.5) is 5.82 Å². The Morgan fingerprint density at radius 3 is 2.62 bits per heavy atom. The molecule has 26 heavy (non-hydrogen) atoms. The summed E-state index contributed by atoms with van der Waals surface area (Å²) in [5, 5.41) is 1.71. The minimum absolute atomic E-state index is 0.349. The first-order chi connectivity index (χ1) is 12.6. The fourth-order valence-corrected chi connectivity index (χ4v) is 4.91. The Morgan fingerprint density at radius 1 is 1.15 bits per heavy atom. The van der Waals surface area contributed by atoms with Gasteiger partial charge in [-0.2, -0.15) is 0 Å². The van der Waals surface area contributed by atoms with E-state index in [1.807, 2.05) is 17.0 Å². The van der Waals surface area contributed by atoms with E-state index in [-0.39, 0.29) is 0 Å². The number of hydrogen-bond acceptors (Lipinski definition) is 3. The maximum atomic E-state index is 12.4. The highest BCUT2D eigenvalue weighted by molar-refractivity contribution is 9.10. The minimum atomic E-state index is 0.349. The maximum absolute atomic E-state index is 12.4. The first kappa shape index (κ1) is 18.1. The third-order valence-corrected chi connectivity index (χ3v) is 6.30.